The second kappa shape index (κ2) is 6.16. The van der Waals surface area contributed by atoms with Gasteiger partial charge < -0.3 is 9.64 Å². The van der Waals surface area contributed by atoms with Crippen LogP contribution in [0.15, 0.2) is 24.3 Å². The van der Waals surface area contributed by atoms with E-state index in [-0.39, 0.29) is 11.9 Å². The molecular weight excluding hydrogens is 290 g/mol. The zero-order valence-corrected chi connectivity index (χ0v) is 14.2. The van der Waals surface area contributed by atoms with E-state index in [1.54, 1.807) is 0 Å². The average molecular weight is 313 g/mol. The van der Waals surface area contributed by atoms with E-state index in [1.165, 1.54) is 0 Å². The van der Waals surface area contributed by atoms with Crippen LogP contribution in [0.1, 0.15) is 38.9 Å². The van der Waals surface area contributed by atoms with Crippen LogP contribution in [0.2, 0.25) is 0 Å². The molecule has 122 valence electrons. The first kappa shape index (κ1) is 15.7. The Morgan fingerprint density at radius 3 is 2.65 bits per heavy atom. The van der Waals surface area contributed by atoms with Crippen molar-refractivity contribution in [3.63, 3.8) is 0 Å². The van der Waals surface area contributed by atoms with Gasteiger partial charge in [-0.1, -0.05) is 18.2 Å². The molecule has 1 atom stereocenters. The predicted octanol–water partition coefficient (Wildman–Crippen LogP) is 2.56. The van der Waals surface area contributed by atoms with Gasteiger partial charge in [0, 0.05) is 30.4 Å². The fraction of sp³-hybridized carbons (Fsp3) is 0.444. The zero-order chi connectivity index (χ0) is 16.6. The summed E-state index contributed by atoms with van der Waals surface area (Å²) in [5.41, 5.74) is 4.92. The molecule has 1 amide bonds. The van der Waals surface area contributed by atoms with Gasteiger partial charge in [0.25, 0.3) is 5.91 Å². The normalized spacial score (nSPS) is 18.3. The van der Waals surface area contributed by atoms with E-state index < -0.39 is 0 Å². The van der Waals surface area contributed by atoms with Crippen molar-refractivity contribution >= 4 is 5.91 Å². The number of nitrogens with zero attached hydrogens (tertiary/aromatic N) is 3. The van der Waals surface area contributed by atoms with Crippen molar-refractivity contribution in [2.24, 2.45) is 7.05 Å². The van der Waals surface area contributed by atoms with Crippen LogP contribution in [0.4, 0.5) is 0 Å². The number of ether oxygens (including phenoxy) is 1. The lowest BCUT2D eigenvalue weighted by Crippen LogP contribution is -2.44. The van der Waals surface area contributed by atoms with Crippen molar-refractivity contribution in [2.45, 2.75) is 26.8 Å². The summed E-state index contributed by atoms with van der Waals surface area (Å²) in [6.07, 6.45) is 0. The Morgan fingerprint density at radius 1 is 1.26 bits per heavy atom. The molecule has 1 saturated heterocycles. The topological polar surface area (TPSA) is 47.4 Å². The number of hydrogen-bond donors (Lipinski definition) is 0. The van der Waals surface area contributed by atoms with Crippen LogP contribution >= 0.6 is 0 Å². The van der Waals surface area contributed by atoms with Gasteiger partial charge in [-0.15, -0.1) is 0 Å². The average Bonchev–Trinajstić information content (AvgIpc) is 2.80. The quantitative estimate of drug-likeness (QED) is 0.856. The molecule has 0 unspecified atom stereocenters. The van der Waals surface area contributed by atoms with Crippen molar-refractivity contribution in [3.8, 4) is 0 Å². The first-order valence-electron chi connectivity index (χ1n) is 7.95. The summed E-state index contributed by atoms with van der Waals surface area (Å²) in [5, 5.41) is 4.49. The van der Waals surface area contributed by atoms with Gasteiger partial charge in [-0.25, -0.2) is 0 Å². The highest BCUT2D eigenvalue weighted by molar-refractivity contribution is 5.96. The molecule has 3 rings (SSSR count). The molecule has 2 aromatic rings. The van der Waals surface area contributed by atoms with Crippen LogP contribution in [-0.2, 0) is 11.8 Å². The molecule has 0 spiro atoms. The van der Waals surface area contributed by atoms with Crippen molar-refractivity contribution < 1.29 is 9.53 Å². The molecule has 1 fully saturated rings. The van der Waals surface area contributed by atoms with Gasteiger partial charge in [-0.05, 0) is 32.4 Å². The van der Waals surface area contributed by atoms with Gasteiger partial charge >= 0.3 is 0 Å². The minimum atomic E-state index is -0.0791. The van der Waals surface area contributed by atoms with Crippen LogP contribution < -0.4 is 0 Å². The molecule has 1 aromatic heterocycles. The van der Waals surface area contributed by atoms with Crippen LogP contribution in [-0.4, -0.2) is 40.3 Å². The summed E-state index contributed by atoms with van der Waals surface area (Å²) in [6.45, 7) is 7.71. The number of carbonyl (C=O) groups excluding carboxylic acids is 1. The monoisotopic (exact) mass is 313 g/mol. The van der Waals surface area contributed by atoms with E-state index in [4.69, 9.17) is 4.74 Å². The van der Waals surface area contributed by atoms with Crippen molar-refractivity contribution in [3.05, 3.63) is 52.3 Å². The molecule has 5 nitrogen and oxygen atoms in total. The van der Waals surface area contributed by atoms with Crippen molar-refractivity contribution in [2.75, 3.05) is 19.8 Å². The number of amides is 1. The smallest absolute Gasteiger partial charge is 0.254 e. The molecule has 0 aliphatic carbocycles. The zero-order valence-electron chi connectivity index (χ0n) is 14.2. The molecule has 5 heteroatoms. The van der Waals surface area contributed by atoms with Gasteiger partial charge in [0.15, 0.2) is 0 Å². The molecular formula is C18H23N3O2. The van der Waals surface area contributed by atoms with E-state index in [0.29, 0.717) is 19.8 Å². The standard InChI is InChI=1S/C18H23N3O2/c1-12-7-5-6-8-15(12)18(22)21-9-10-23-11-16(21)17-13(2)19-20(4)14(17)3/h5-8,16H,9-11H2,1-4H3/t16-/m1/s1. The first-order chi connectivity index (χ1) is 11.0. The second-order valence-electron chi connectivity index (χ2n) is 6.11. The minimum Gasteiger partial charge on any atom is -0.377 e. The summed E-state index contributed by atoms with van der Waals surface area (Å²) in [4.78, 5) is 15.0. The molecule has 2 heterocycles. The van der Waals surface area contributed by atoms with Crippen molar-refractivity contribution in [1.29, 1.82) is 0 Å². The predicted molar refractivity (Wildman–Crippen MR) is 88.5 cm³/mol. The Kier molecular flexibility index (Phi) is 4.22. The lowest BCUT2D eigenvalue weighted by molar-refractivity contribution is -0.00308. The van der Waals surface area contributed by atoms with E-state index in [1.807, 2.05) is 61.7 Å². The number of aromatic nitrogens is 2. The van der Waals surface area contributed by atoms with Crippen LogP contribution in [0.3, 0.4) is 0 Å². The molecule has 0 N–H and O–H groups in total. The molecule has 23 heavy (non-hydrogen) atoms. The third-order valence-electron chi connectivity index (χ3n) is 4.66. The van der Waals surface area contributed by atoms with Crippen LogP contribution in [0, 0.1) is 20.8 Å². The van der Waals surface area contributed by atoms with E-state index in [0.717, 1.165) is 28.1 Å². The first-order valence-corrected chi connectivity index (χ1v) is 7.95. The molecule has 1 aliphatic rings. The number of hydrogen-bond acceptors (Lipinski definition) is 3. The van der Waals surface area contributed by atoms with Gasteiger partial charge in [-0.3, -0.25) is 9.48 Å². The molecule has 1 aromatic carbocycles. The summed E-state index contributed by atoms with van der Waals surface area (Å²) in [7, 11) is 1.93. The second-order valence-corrected chi connectivity index (χ2v) is 6.11. The summed E-state index contributed by atoms with van der Waals surface area (Å²) >= 11 is 0. The maximum absolute atomic E-state index is 13.1. The Balaban J connectivity index is 1.99. The number of aryl methyl sites for hydroxylation is 3. The van der Waals surface area contributed by atoms with Gasteiger partial charge in [-0.2, -0.15) is 5.10 Å². The molecule has 1 aliphatic heterocycles. The minimum absolute atomic E-state index is 0.0686. The lowest BCUT2D eigenvalue weighted by Gasteiger charge is -2.36. The van der Waals surface area contributed by atoms with Gasteiger partial charge in [0.05, 0.1) is 24.9 Å². The number of carbonyl (C=O) groups is 1. The highest BCUT2D eigenvalue weighted by Crippen LogP contribution is 2.30. The maximum Gasteiger partial charge on any atom is 0.254 e. The fourth-order valence-electron chi connectivity index (χ4n) is 3.33. The molecule has 0 bridgehead atoms. The Labute approximate surface area is 136 Å². The molecule has 0 radical (unpaired) electrons. The van der Waals surface area contributed by atoms with E-state index in [9.17, 15) is 4.79 Å². The van der Waals surface area contributed by atoms with Gasteiger partial charge in [0.2, 0.25) is 0 Å². The SMILES string of the molecule is Cc1ccccc1C(=O)N1CCOC[C@@H]1c1c(C)nn(C)c1C. The Morgan fingerprint density at radius 2 is 2.00 bits per heavy atom. The van der Waals surface area contributed by atoms with Gasteiger partial charge in [0.1, 0.15) is 0 Å². The third-order valence-corrected chi connectivity index (χ3v) is 4.66. The lowest BCUT2D eigenvalue weighted by atomic mass is 10.0. The largest absolute Gasteiger partial charge is 0.377 e. The van der Waals surface area contributed by atoms with E-state index >= 15 is 0 Å². The third kappa shape index (κ3) is 2.77. The Bertz CT molecular complexity index is 736. The van der Waals surface area contributed by atoms with Crippen LogP contribution in [0.5, 0.6) is 0 Å². The number of benzene rings is 1. The number of morpholine rings is 1. The highest BCUT2D eigenvalue weighted by atomic mass is 16.5. The van der Waals surface area contributed by atoms with Crippen LogP contribution in [0.25, 0.3) is 0 Å². The highest BCUT2D eigenvalue weighted by Gasteiger charge is 2.33. The summed E-state index contributed by atoms with van der Waals surface area (Å²) in [5.74, 6) is 0.0686. The summed E-state index contributed by atoms with van der Waals surface area (Å²) < 4.78 is 7.54. The fourth-order valence-corrected chi connectivity index (χ4v) is 3.33. The van der Waals surface area contributed by atoms with Crippen molar-refractivity contribution in [1.82, 2.24) is 14.7 Å². The Hall–Kier alpha value is -2.14. The maximum atomic E-state index is 13.1. The molecule has 0 saturated carbocycles. The summed E-state index contributed by atoms with van der Waals surface area (Å²) in [6, 6.07) is 7.66. The number of rotatable bonds is 2. The van der Waals surface area contributed by atoms with E-state index in [2.05, 4.69) is 5.10 Å².